The lowest BCUT2D eigenvalue weighted by Crippen LogP contribution is -1.98. The fraction of sp³-hybridized carbons (Fsp3) is 0.0667. The Kier molecular flexibility index (Phi) is 2.87. The van der Waals surface area contributed by atoms with Crippen LogP contribution in [0.2, 0.25) is 0 Å². The molecule has 0 saturated heterocycles. The van der Waals surface area contributed by atoms with Gasteiger partial charge in [-0.2, -0.15) is 0 Å². The zero-order valence-corrected chi connectivity index (χ0v) is 10.9. The van der Waals surface area contributed by atoms with Crippen molar-refractivity contribution in [2.24, 2.45) is 0 Å². The summed E-state index contributed by atoms with van der Waals surface area (Å²) in [7, 11) is 0. The van der Waals surface area contributed by atoms with E-state index < -0.39 is 0 Å². The number of rotatable bonds is 2. The van der Waals surface area contributed by atoms with Crippen LogP contribution in [0.4, 0.5) is 5.69 Å². The minimum absolute atomic E-state index is 0.0195. The van der Waals surface area contributed by atoms with E-state index in [0.29, 0.717) is 17.3 Å². The predicted octanol–water partition coefficient (Wildman–Crippen LogP) is 3.02. The average molecular weight is 267 g/mol. The van der Waals surface area contributed by atoms with Gasteiger partial charge in [-0.05, 0) is 31.2 Å². The molecule has 0 fully saturated rings. The summed E-state index contributed by atoms with van der Waals surface area (Å²) in [5, 5.41) is 9.58. The highest BCUT2D eigenvalue weighted by Gasteiger charge is 2.11. The number of aryl methyl sites for hydroxylation is 1. The van der Waals surface area contributed by atoms with Gasteiger partial charge in [-0.3, -0.25) is 0 Å². The molecule has 0 amide bonds. The van der Waals surface area contributed by atoms with Gasteiger partial charge < -0.3 is 15.6 Å². The first-order valence-electron chi connectivity index (χ1n) is 6.14. The van der Waals surface area contributed by atoms with E-state index in [1.165, 1.54) is 6.07 Å². The van der Waals surface area contributed by atoms with Gasteiger partial charge in [-0.25, -0.2) is 9.97 Å². The first-order valence-corrected chi connectivity index (χ1v) is 6.14. The Balaban J connectivity index is 2.06. The maximum atomic E-state index is 9.58. The van der Waals surface area contributed by atoms with E-state index >= 15 is 0 Å². The van der Waals surface area contributed by atoms with E-state index in [1.54, 1.807) is 12.1 Å². The third kappa shape index (κ3) is 2.09. The van der Waals surface area contributed by atoms with Crippen molar-refractivity contribution in [2.75, 3.05) is 5.73 Å². The second-order valence-corrected chi connectivity index (χ2v) is 4.39. The third-order valence-electron chi connectivity index (χ3n) is 2.95. The molecule has 1 aromatic heterocycles. The number of phenols is 1. The maximum absolute atomic E-state index is 9.58. The number of aromatic nitrogens is 2. The Labute approximate surface area is 115 Å². The summed E-state index contributed by atoms with van der Waals surface area (Å²) >= 11 is 0. The van der Waals surface area contributed by atoms with Gasteiger partial charge in [-0.1, -0.05) is 18.2 Å². The van der Waals surface area contributed by atoms with E-state index in [-0.39, 0.29) is 11.4 Å². The summed E-state index contributed by atoms with van der Waals surface area (Å²) in [6.45, 7) is 1.81. The lowest BCUT2D eigenvalue weighted by Gasteiger charge is -2.10. The fourth-order valence-electron chi connectivity index (χ4n) is 1.89. The number of nitrogens with two attached hydrogens (primary N) is 1. The van der Waals surface area contributed by atoms with Gasteiger partial charge in [0.1, 0.15) is 17.1 Å². The maximum Gasteiger partial charge on any atom is 0.241 e. The van der Waals surface area contributed by atoms with Crippen molar-refractivity contribution in [1.82, 2.24) is 9.97 Å². The number of para-hydroxylation sites is 3. The van der Waals surface area contributed by atoms with Gasteiger partial charge >= 0.3 is 0 Å². The van der Waals surface area contributed by atoms with Gasteiger partial charge in [0.05, 0.1) is 11.0 Å². The van der Waals surface area contributed by atoms with Crippen LogP contribution in [0.25, 0.3) is 11.0 Å². The standard InChI is InChI=1S/C15H13N3O2/c1-9-15(18-11-6-3-2-5-10(11)17-9)20-13-8-4-7-12(19)14(13)16/h2-8,19H,16H2,1H3. The molecular weight excluding hydrogens is 254 g/mol. The van der Waals surface area contributed by atoms with Crippen LogP contribution in [0.5, 0.6) is 17.4 Å². The molecule has 100 valence electrons. The number of anilines is 1. The molecule has 0 radical (unpaired) electrons. The van der Waals surface area contributed by atoms with Crippen LogP contribution in [0.3, 0.4) is 0 Å². The number of hydrogen-bond donors (Lipinski definition) is 2. The number of ether oxygens (including phenoxy) is 1. The molecule has 0 aliphatic carbocycles. The Morgan fingerprint density at radius 1 is 1.00 bits per heavy atom. The zero-order valence-electron chi connectivity index (χ0n) is 10.9. The van der Waals surface area contributed by atoms with Crippen LogP contribution in [0, 0.1) is 6.92 Å². The molecule has 1 heterocycles. The van der Waals surface area contributed by atoms with E-state index in [2.05, 4.69) is 9.97 Å². The van der Waals surface area contributed by atoms with E-state index in [9.17, 15) is 5.11 Å². The third-order valence-corrected chi connectivity index (χ3v) is 2.95. The van der Waals surface area contributed by atoms with Crippen molar-refractivity contribution < 1.29 is 9.84 Å². The Morgan fingerprint density at radius 3 is 2.45 bits per heavy atom. The van der Waals surface area contributed by atoms with Crippen molar-refractivity contribution in [1.29, 1.82) is 0 Å². The number of hydrogen-bond acceptors (Lipinski definition) is 5. The SMILES string of the molecule is Cc1nc2ccccc2nc1Oc1cccc(O)c1N. The topological polar surface area (TPSA) is 81.3 Å². The van der Waals surface area contributed by atoms with Gasteiger partial charge in [0.15, 0.2) is 5.75 Å². The smallest absolute Gasteiger partial charge is 0.241 e. The minimum atomic E-state index is -0.0195. The van der Waals surface area contributed by atoms with Crippen molar-refractivity contribution >= 4 is 16.7 Å². The average Bonchev–Trinajstić information content (AvgIpc) is 2.44. The first kappa shape index (κ1) is 12.2. The second kappa shape index (κ2) is 4.70. The largest absolute Gasteiger partial charge is 0.506 e. The zero-order chi connectivity index (χ0) is 14.1. The number of nitrogen functional groups attached to an aromatic ring is 1. The quantitative estimate of drug-likeness (QED) is 0.551. The monoisotopic (exact) mass is 267 g/mol. The molecule has 3 rings (SSSR count). The summed E-state index contributed by atoms with van der Waals surface area (Å²) < 4.78 is 5.67. The first-order chi connectivity index (χ1) is 9.65. The number of nitrogens with zero attached hydrogens (tertiary/aromatic N) is 2. The van der Waals surface area contributed by atoms with Crippen LogP contribution < -0.4 is 10.5 Å². The van der Waals surface area contributed by atoms with E-state index in [4.69, 9.17) is 10.5 Å². The summed E-state index contributed by atoms with van der Waals surface area (Å²) in [4.78, 5) is 8.85. The van der Waals surface area contributed by atoms with Crippen molar-refractivity contribution in [3.05, 3.63) is 48.2 Å². The Morgan fingerprint density at radius 2 is 1.70 bits per heavy atom. The predicted molar refractivity (Wildman–Crippen MR) is 76.9 cm³/mol. The summed E-state index contributed by atoms with van der Waals surface area (Å²) in [5.74, 6) is 0.715. The molecule has 0 unspecified atom stereocenters. The van der Waals surface area contributed by atoms with Gasteiger partial charge in [0.2, 0.25) is 5.88 Å². The second-order valence-electron chi connectivity index (χ2n) is 4.39. The summed E-state index contributed by atoms with van der Waals surface area (Å²) in [6, 6.07) is 12.4. The van der Waals surface area contributed by atoms with Crippen molar-refractivity contribution in [3.8, 4) is 17.4 Å². The molecule has 3 aromatic rings. The molecule has 0 saturated carbocycles. The molecule has 0 aliphatic heterocycles. The van der Waals surface area contributed by atoms with Gasteiger partial charge in [0, 0.05) is 0 Å². The minimum Gasteiger partial charge on any atom is -0.506 e. The highest BCUT2D eigenvalue weighted by molar-refractivity contribution is 5.75. The molecular formula is C15H13N3O2. The molecule has 0 bridgehead atoms. The summed E-state index contributed by atoms with van der Waals surface area (Å²) in [6.07, 6.45) is 0. The fourth-order valence-corrected chi connectivity index (χ4v) is 1.89. The molecule has 3 N–H and O–H groups in total. The van der Waals surface area contributed by atoms with Crippen molar-refractivity contribution in [3.63, 3.8) is 0 Å². The number of phenolic OH excluding ortho intramolecular Hbond substituents is 1. The van der Waals surface area contributed by atoms with Crippen LogP contribution in [-0.2, 0) is 0 Å². The normalized spacial score (nSPS) is 10.7. The molecule has 5 heteroatoms. The summed E-state index contributed by atoms with van der Waals surface area (Å²) in [5.41, 5.74) is 8.16. The molecule has 0 atom stereocenters. The van der Waals surface area contributed by atoms with Crippen LogP contribution in [-0.4, -0.2) is 15.1 Å². The van der Waals surface area contributed by atoms with Crippen LogP contribution in [0.1, 0.15) is 5.69 Å². The highest BCUT2D eigenvalue weighted by atomic mass is 16.5. The molecule has 20 heavy (non-hydrogen) atoms. The Hall–Kier alpha value is -2.82. The Bertz CT molecular complexity index is 787. The molecule has 5 nitrogen and oxygen atoms in total. The lowest BCUT2D eigenvalue weighted by atomic mass is 10.2. The molecule has 0 aliphatic rings. The molecule has 2 aromatic carbocycles. The molecule has 0 spiro atoms. The van der Waals surface area contributed by atoms with Gasteiger partial charge in [-0.15, -0.1) is 0 Å². The van der Waals surface area contributed by atoms with E-state index in [0.717, 1.165) is 11.0 Å². The number of fused-ring (bicyclic) bond motifs is 1. The highest BCUT2D eigenvalue weighted by Crippen LogP contribution is 2.34. The number of aromatic hydroxyl groups is 1. The van der Waals surface area contributed by atoms with Crippen LogP contribution in [0.15, 0.2) is 42.5 Å². The van der Waals surface area contributed by atoms with Gasteiger partial charge in [0.25, 0.3) is 0 Å². The van der Waals surface area contributed by atoms with Crippen LogP contribution >= 0.6 is 0 Å². The number of benzene rings is 2. The van der Waals surface area contributed by atoms with E-state index in [1.807, 2.05) is 31.2 Å². The van der Waals surface area contributed by atoms with Crippen molar-refractivity contribution in [2.45, 2.75) is 6.92 Å². The lowest BCUT2D eigenvalue weighted by molar-refractivity contribution is 0.447.